The minimum absolute atomic E-state index is 0.126. The van der Waals surface area contributed by atoms with E-state index in [4.69, 9.17) is 23.7 Å². The van der Waals surface area contributed by atoms with Crippen molar-refractivity contribution in [2.45, 2.75) is 65.3 Å². The molecule has 3 atom stereocenters. The molecule has 0 aliphatic carbocycles. The zero-order valence-electron chi connectivity index (χ0n) is 15.5. The highest BCUT2D eigenvalue weighted by molar-refractivity contribution is 5.93. The lowest BCUT2D eigenvalue weighted by atomic mass is 9.98. The van der Waals surface area contributed by atoms with Crippen molar-refractivity contribution in [3.05, 3.63) is 0 Å². The topological polar surface area (TPSA) is 97.4 Å². The third kappa shape index (κ3) is 4.19. The molecule has 142 valence electrons. The molecule has 0 unspecified atom stereocenters. The van der Waals surface area contributed by atoms with E-state index in [0.717, 1.165) is 0 Å². The Kier molecular flexibility index (Phi) is 5.56. The van der Waals surface area contributed by atoms with Gasteiger partial charge in [-0.05, 0) is 13.8 Å². The lowest BCUT2D eigenvalue weighted by molar-refractivity contribution is -0.274. The molecule has 0 aromatic heterocycles. The molecule has 2 heterocycles. The van der Waals surface area contributed by atoms with Gasteiger partial charge in [-0.2, -0.15) is 0 Å². The predicted octanol–water partition coefficient (Wildman–Crippen LogP) is 1.20. The number of ketones is 1. The van der Waals surface area contributed by atoms with Gasteiger partial charge in [-0.3, -0.25) is 14.4 Å². The summed E-state index contributed by atoms with van der Waals surface area (Å²) in [6.45, 7) is 9.67. The molecule has 25 heavy (non-hydrogen) atoms. The highest BCUT2D eigenvalue weighted by atomic mass is 16.8. The van der Waals surface area contributed by atoms with Gasteiger partial charge in [0, 0.05) is 0 Å². The molecule has 2 saturated heterocycles. The number of esters is 2. The number of rotatable bonds is 4. The Morgan fingerprint density at radius 1 is 1.04 bits per heavy atom. The monoisotopic (exact) mass is 358 g/mol. The van der Waals surface area contributed by atoms with E-state index in [1.54, 1.807) is 41.5 Å². The molecule has 0 aromatic rings. The molecule has 0 N–H and O–H groups in total. The Bertz CT molecular complexity index is 553. The summed E-state index contributed by atoms with van der Waals surface area (Å²) in [6.07, 6.45) is -2.33. The van der Waals surface area contributed by atoms with Crippen molar-refractivity contribution in [1.29, 1.82) is 0 Å². The molecular formula is C17H26O8. The molecule has 8 heteroatoms. The largest absolute Gasteiger partial charge is 0.455 e. The van der Waals surface area contributed by atoms with Gasteiger partial charge >= 0.3 is 11.9 Å². The van der Waals surface area contributed by atoms with Crippen molar-refractivity contribution in [1.82, 2.24) is 0 Å². The van der Waals surface area contributed by atoms with E-state index in [2.05, 4.69) is 0 Å². The molecule has 2 rings (SSSR count). The summed E-state index contributed by atoms with van der Waals surface area (Å²) in [7, 11) is 0. The van der Waals surface area contributed by atoms with Gasteiger partial charge in [0.2, 0.25) is 11.9 Å². The normalized spacial score (nSPS) is 31.6. The number of ether oxygens (including phenoxy) is 5. The van der Waals surface area contributed by atoms with Gasteiger partial charge in [0.05, 0.1) is 18.4 Å². The Balaban J connectivity index is 2.24. The van der Waals surface area contributed by atoms with Crippen LogP contribution in [0.25, 0.3) is 0 Å². The predicted molar refractivity (Wildman–Crippen MR) is 84.2 cm³/mol. The van der Waals surface area contributed by atoms with Crippen LogP contribution in [-0.4, -0.2) is 54.7 Å². The van der Waals surface area contributed by atoms with Crippen LogP contribution in [0.15, 0.2) is 0 Å². The Morgan fingerprint density at radius 3 is 2.08 bits per heavy atom. The maximum Gasteiger partial charge on any atom is 0.309 e. The molecular weight excluding hydrogens is 332 g/mol. The van der Waals surface area contributed by atoms with Gasteiger partial charge in [0.15, 0.2) is 11.9 Å². The summed E-state index contributed by atoms with van der Waals surface area (Å²) in [5, 5.41) is 0. The summed E-state index contributed by atoms with van der Waals surface area (Å²) in [4.78, 5) is 36.9. The maximum atomic E-state index is 13.0. The van der Waals surface area contributed by atoms with Crippen molar-refractivity contribution >= 4 is 17.7 Å². The molecule has 0 amide bonds. The smallest absolute Gasteiger partial charge is 0.309 e. The summed E-state index contributed by atoms with van der Waals surface area (Å²) in [5.74, 6) is -5.20. The lowest BCUT2D eigenvalue weighted by Gasteiger charge is -2.39. The van der Waals surface area contributed by atoms with E-state index in [9.17, 15) is 14.4 Å². The zero-order valence-corrected chi connectivity index (χ0v) is 15.5. The summed E-state index contributed by atoms with van der Waals surface area (Å²) in [5.41, 5.74) is 0. The lowest BCUT2D eigenvalue weighted by Crippen LogP contribution is -2.62. The van der Waals surface area contributed by atoms with Crippen LogP contribution < -0.4 is 0 Å². The number of carbonyl (C=O) groups excluding carboxylic acids is 3. The van der Waals surface area contributed by atoms with Crippen LogP contribution in [-0.2, 0) is 38.1 Å². The van der Waals surface area contributed by atoms with Gasteiger partial charge in [-0.1, -0.05) is 27.7 Å². The van der Waals surface area contributed by atoms with Crippen LogP contribution in [0.2, 0.25) is 0 Å². The second-order valence-corrected chi connectivity index (χ2v) is 7.36. The van der Waals surface area contributed by atoms with Gasteiger partial charge in [-0.15, -0.1) is 0 Å². The van der Waals surface area contributed by atoms with Crippen molar-refractivity contribution in [2.24, 2.45) is 11.8 Å². The molecule has 0 saturated carbocycles. The average molecular weight is 358 g/mol. The van der Waals surface area contributed by atoms with E-state index >= 15 is 0 Å². The molecule has 8 nitrogen and oxygen atoms in total. The number of hydrogen-bond acceptors (Lipinski definition) is 8. The van der Waals surface area contributed by atoms with E-state index in [0.29, 0.717) is 0 Å². The van der Waals surface area contributed by atoms with Crippen molar-refractivity contribution in [3.8, 4) is 0 Å². The maximum absolute atomic E-state index is 13.0. The number of Topliss-reactive ketones (excluding diaryl/α,β-unsaturated/α-hetero) is 1. The Labute approximate surface area is 147 Å². The molecule has 0 bridgehead atoms. The standard InChI is InChI=1S/C17H26O8/c1-9(2)14(19)23-11-7-21-17(8-22-16(5,6)25-17)13(18)12(11)24-15(20)10(3)4/h9-12H,7-8H2,1-6H3/t11-,12-,17+/m1/s1. The SMILES string of the molecule is CC(C)C(=O)O[C@@H]1CO[C@]2(COC(C)(C)O2)C(=O)[C@@H]1OC(=O)C(C)C. The number of carbonyl (C=O) groups is 3. The average Bonchev–Trinajstić information content (AvgIpc) is 2.82. The first-order valence-electron chi connectivity index (χ1n) is 8.41. The van der Waals surface area contributed by atoms with Crippen LogP contribution in [0, 0.1) is 11.8 Å². The van der Waals surface area contributed by atoms with Crippen molar-refractivity contribution in [3.63, 3.8) is 0 Å². The fourth-order valence-electron chi connectivity index (χ4n) is 2.45. The first-order chi connectivity index (χ1) is 11.5. The minimum Gasteiger partial charge on any atom is -0.455 e. The third-order valence-corrected chi connectivity index (χ3v) is 3.93. The first-order valence-corrected chi connectivity index (χ1v) is 8.41. The Morgan fingerprint density at radius 2 is 1.60 bits per heavy atom. The quantitative estimate of drug-likeness (QED) is 0.692. The number of hydrogen-bond donors (Lipinski definition) is 0. The summed E-state index contributed by atoms with van der Waals surface area (Å²) in [6, 6.07) is 0. The second-order valence-electron chi connectivity index (χ2n) is 7.36. The highest BCUT2D eigenvalue weighted by Gasteiger charge is 2.60. The molecule has 2 aliphatic heterocycles. The van der Waals surface area contributed by atoms with Gasteiger partial charge in [0.1, 0.15) is 6.61 Å². The molecule has 2 fully saturated rings. The van der Waals surface area contributed by atoms with E-state index in [-0.39, 0.29) is 13.2 Å². The van der Waals surface area contributed by atoms with Crippen LogP contribution in [0.5, 0.6) is 0 Å². The van der Waals surface area contributed by atoms with Crippen molar-refractivity contribution in [2.75, 3.05) is 13.2 Å². The first kappa shape index (κ1) is 19.8. The van der Waals surface area contributed by atoms with Gasteiger partial charge in [0.25, 0.3) is 5.79 Å². The van der Waals surface area contributed by atoms with Gasteiger partial charge < -0.3 is 23.7 Å². The van der Waals surface area contributed by atoms with Crippen LogP contribution in [0.1, 0.15) is 41.5 Å². The highest BCUT2D eigenvalue weighted by Crippen LogP contribution is 2.37. The second kappa shape index (κ2) is 7.01. The summed E-state index contributed by atoms with van der Waals surface area (Å²) < 4.78 is 27.3. The fourth-order valence-corrected chi connectivity index (χ4v) is 2.45. The minimum atomic E-state index is -1.66. The van der Waals surface area contributed by atoms with Crippen molar-refractivity contribution < 1.29 is 38.1 Å². The summed E-state index contributed by atoms with van der Waals surface area (Å²) >= 11 is 0. The fraction of sp³-hybridized carbons (Fsp3) is 0.824. The molecule has 2 aliphatic rings. The van der Waals surface area contributed by atoms with Crippen LogP contribution in [0.3, 0.4) is 0 Å². The van der Waals surface area contributed by atoms with Gasteiger partial charge in [-0.25, -0.2) is 0 Å². The van der Waals surface area contributed by atoms with Crippen LogP contribution >= 0.6 is 0 Å². The zero-order chi connectivity index (χ0) is 19.0. The van der Waals surface area contributed by atoms with E-state index in [1.807, 2.05) is 0 Å². The van der Waals surface area contributed by atoms with E-state index in [1.165, 1.54) is 0 Å². The van der Waals surface area contributed by atoms with E-state index < -0.39 is 53.3 Å². The molecule has 0 radical (unpaired) electrons. The molecule has 1 spiro atoms. The Hall–Kier alpha value is -1.51. The molecule has 0 aromatic carbocycles. The van der Waals surface area contributed by atoms with Crippen LogP contribution in [0.4, 0.5) is 0 Å². The third-order valence-electron chi connectivity index (χ3n) is 3.93.